The van der Waals surface area contributed by atoms with E-state index in [1.165, 1.54) is 0 Å². The van der Waals surface area contributed by atoms with Crippen LogP contribution in [0.4, 0.5) is 0 Å². The summed E-state index contributed by atoms with van der Waals surface area (Å²) in [6.45, 7) is 0. The van der Waals surface area contributed by atoms with Crippen molar-refractivity contribution in [3.63, 3.8) is 0 Å². The monoisotopic (exact) mass is 246 g/mol. The average Bonchev–Trinajstić information content (AvgIpc) is 2.06. The molecule has 0 aromatic heterocycles. The van der Waals surface area contributed by atoms with Crippen LogP contribution in [-0.2, 0) is 15.6 Å². The molecular formula is C8H7BrO2S. The molecule has 64 valence electrons. The Morgan fingerprint density at radius 1 is 1.33 bits per heavy atom. The third-order valence-corrected chi connectivity index (χ3v) is 3.06. The minimum Gasteiger partial charge on any atom is -0.302 e. The third-order valence-electron chi connectivity index (χ3n) is 1.30. The minimum atomic E-state index is -1.18. The predicted octanol–water partition coefficient (Wildman–Crippen LogP) is 1.76. The zero-order chi connectivity index (χ0) is 8.97. The van der Waals surface area contributed by atoms with E-state index >= 15 is 0 Å². The third kappa shape index (κ3) is 2.53. The van der Waals surface area contributed by atoms with E-state index in [9.17, 15) is 9.00 Å². The van der Waals surface area contributed by atoms with Crippen LogP contribution >= 0.6 is 15.9 Å². The van der Waals surface area contributed by atoms with Gasteiger partial charge >= 0.3 is 0 Å². The van der Waals surface area contributed by atoms with E-state index < -0.39 is 10.8 Å². The summed E-state index contributed by atoms with van der Waals surface area (Å²) >= 11 is 3.27. The zero-order valence-corrected chi connectivity index (χ0v) is 8.60. The van der Waals surface area contributed by atoms with Gasteiger partial charge in [0.1, 0.15) is 6.29 Å². The topological polar surface area (TPSA) is 34.1 Å². The zero-order valence-electron chi connectivity index (χ0n) is 6.20. The first-order valence-electron chi connectivity index (χ1n) is 3.31. The minimum absolute atomic E-state index is 0.0711. The van der Waals surface area contributed by atoms with Crippen molar-refractivity contribution in [2.75, 3.05) is 5.75 Å². The Morgan fingerprint density at radius 2 is 1.92 bits per heavy atom. The second kappa shape index (κ2) is 4.52. The van der Waals surface area contributed by atoms with Crippen LogP contribution in [0.25, 0.3) is 0 Å². The van der Waals surface area contributed by atoms with Gasteiger partial charge in [-0.2, -0.15) is 0 Å². The Morgan fingerprint density at radius 3 is 2.42 bits per heavy atom. The first-order valence-corrected chi connectivity index (χ1v) is 5.43. The van der Waals surface area contributed by atoms with Crippen LogP contribution in [0.2, 0.25) is 0 Å². The summed E-state index contributed by atoms with van der Waals surface area (Å²) in [6.07, 6.45) is 0.665. The molecule has 0 amide bonds. The molecule has 0 fully saturated rings. The lowest BCUT2D eigenvalue weighted by Gasteiger charge is -1.96. The van der Waals surface area contributed by atoms with Crippen LogP contribution in [0.1, 0.15) is 0 Å². The molecule has 0 bridgehead atoms. The molecule has 0 N–H and O–H groups in total. The van der Waals surface area contributed by atoms with E-state index in [1.807, 2.05) is 0 Å². The molecule has 0 saturated carbocycles. The normalized spacial score (nSPS) is 12.4. The van der Waals surface area contributed by atoms with Crippen LogP contribution in [0.3, 0.4) is 0 Å². The molecule has 0 heterocycles. The fraction of sp³-hybridized carbons (Fsp3) is 0.125. The molecule has 0 aliphatic carbocycles. The number of benzene rings is 1. The highest BCUT2D eigenvalue weighted by molar-refractivity contribution is 9.10. The number of hydrogen-bond donors (Lipinski definition) is 0. The number of halogens is 1. The SMILES string of the molecule is O=CCS(=O)c1ccc(Br)cc1. The number of hydrogen-bond acceptors (Lipinski definition) is 2. The molecule has 1 atom stereocenters. The summed E-state index contributed by atoms with van der Waals surface area (Å²) in [5.74, 6) is 0.0711. The highest BCUT2D eigenvalue weighted by atomic mass is 79.9. The number of aldehydes is 1. The maximum atomic E-state index is 11.2. The predicted molar refractivity (Wildman–Crippen MR) is 51.5 cm³/mol. The van der Waals surface area contributed by atoms with Crippen LogP contribution in [0, 0.1) is 0 Å². The smallest absolute Gasteiger partial charge is 0.132 e. The summed E-state index contributed by atoms with van der Waals surface area (Å²) in [7, 11) is -1.18. The lowest BCUT2D eigenvalue weighted by molar-refractivity contribution is -0.105. The van der Waals surface area contributed by atoms with Gasteiger partial charge in [0.25, 0.3) is 0 Å². The summed E-state index contributed by atoms with van der Waals surface area (Å²) in [6, 6.07) is 7.09. The quantitative estimate of drug-likeness (QED) is 0.762. The second-order valence-electron chi connectivity index (χ2n) is 2.13. The van der Waals surface area contributed by atoms with E-state index in [2.05, 4.69) is 15.9 Å². The molecule has 1 aromatic carbocycles. The van der Waals surface area contributed by atoms with Gasteiger partial charge in [-0.1, -0.05) is 15.9 Å². The Bertz CT molecular complexity index is 294. The lowest BCUT2D eigenvalue weighted by Crippen LogP contribution is -1.97. The van der Waals surface area contributed by atoms with Crippen LogP contribution in [0.15, 0.2) is 33.6 Å². The maximum Gasteiger partial charge on any atom is 0.132 e. The fourth-order valence-electron chi connectivity index (χ4n) is 0.744. The van der Waals surface area contributed by atoms with E-state index in [-0.39, 0.29) is 5.75 Å². The van der Waals surface area contributed by atoms with Crippen molar-refractivity contribution in [2.24, 2.45) is 0 Å². The average molecular weight is 247 g/mol. The van der Waals surface area contributed by atoms with Gasteiger partial charge in [-0.05, 0) is 24.3 Å². The van der Waals surface area contributed by atoms with Crippen molar-refractivity contribution >= 4 is 33.0 Å². The summed E-state index contributed by atoms with van der Waals surface area (Å²) in [5, 5.41) is 0. The van der Waals surface area contributed by atoms with Crippen molar-refractivity contribution in [3.8, 4) is 0 Å². The van der Waals surface area contributed by atoms with Crippen molar-refractivity contribution in [1.29, 1.82) is 0 Å². The molecule has 1 aromatic rings. The van der Waals surface area contributed by atoms with Gasteiger partial charge in [0.05, 0.1) is 16.6 Å². The molecule has 0 aliphatic rings. The second-order valence-corrected chi connectivity index (χ2v) is 4.54. The molecule has 0 aliphatic heterocycles. The molecule has 0 saturated heterocycles. The molecule has 1 rings (SSSR count). The van der Waals surface area contributed by atoms with Gasteiger partial charge in [0.2, 0.25) is 0 Å². The van der Waals surface area contributed by atoms with E-state index in [4.69, 9.17) is 0 Å². The van der Waals surface area contributed by atoms with Crippen LogP contribution < -0.4 is 0 Å². The van der Waals surface area contributed by atoms with Gasteiger partial charge in [-0.3, -0.25) is 4.21 Å². The van der Waals surface area contributed by atoms with Crippen molar-refractivity contribution in [3.05, 3.63) is 28.7 Å². The Hall–Kier alpha value is -0.480. The first kappa shape index (κ1) is 9.61. The Kier molecular flexibility index (Phi) is 3.62. The van der Waals surface area contributed by atoms with Crippen LogP contribution in [0.5, 0.6) is 0 Å². The molecule has 0 radical (unpaired) electrons. The number of carbonyl (C=O) groups is 1. The van der Waals surface area contributed by atoms with Gasteiger partial charge in [-0.15, -0.1) is 0 Å². The van der Waals surface area contributed by atoms with Gasteiger partial charge in [-0.25, -0.2) is 0 Å². The summed E-state index contributed by atoms with van der Waals surface area (Å²) in [4.78, 5) is 10.7. The molecule has 1 unspecified atom stereocenters. The summed E-state index contributed by atoms with van der Waals surface area (Å²) in [5.41, 5.74) is 0. The largest absolute Gasteiger partial charge is 0.302 e. The lowest BCUT2D eigenvalue weighted by atomic mass is 10.4. The highest BCUT2D eigenvalue weighted by Gasteiger charge is 2.01. The Labute approximate surface area is 81.6 Å². The van der Waals surface area contributed by atoms with Gasteiger partial charge in [0, 0.05) is 9.37 Å². The molecule has 0 spiro atoms. The highest BCUT2D eigenvalue weighted by Crippen LogP contribution is 2.12. The maximum absolute atomic E-state index is 11.2. The van der Waals surface area contributed by atoms with Crippen LogP contribution in [-0.4, -0.2) is 16.2 Å². The fourth-order valence-corrected chi connectivity index (χ4v) is 1.76. The van der Waals surface area contributed by atoms with Crippen molar-refractivity contribution in [2.45, 2.75) is 4.90 Å². The molecular weight excluding hydrogens is 240 g/mol. The number of carbonyl (C=O) groups excluding carboxylic acids is 1. The van der Waals surface area contributed by atoms with Gasteiger partial charge in [0.15, 0.2) is 0 Å². The van der Waals surface area contributed by atoms with E-state index in [0.29, 0.717) is 11.2 Å². The number of rotatable bonds is 3. The van der Waals surface area contributed by atoms with Gasteiger partial charge < -0.3 is 4.79 Å². The van der Waals surface area contributed by atoms with E-state index in [0.717, 1.165) is 4.47 Å². The first-order chi connectivity index (χ1) is 5.74. The molecule has 2 nitrogen and oxygen atoms in total. The standard InChI is InChI=1S/C8H7BrO2S/c9-7-1-3-8(4-2-7)12(11)6-5-10/h1-5H,6H2. The Balaban J connectivity index is 2.82. The van der Waals surface area contributed by atoms with Crippen molar-refractivity contribution in [1.82, 2.24) is 0 Å². The summed E-state index contributed by atoms with van der Waals surface area (Å²) < 4.78 is 12.2. The molecule has 12 heavy (non-hydrogen) atoms. The molecule has 4 heteroatoms. The van der Waals surface area contributed by atoms with Crippen molar-refractivity contribution < 1.29 is 9.00 Å². The van der Waals surface area contributed by atoms with E-state index in [1.54, 1.807) is 24.3 Å².